The third kappa shape index (κ3) is 4.90. The maximum absolute atomic E-state index is 14.8. The van der Waals surface area contributed by atoms with E-state index in [1.165, 1.54) is 19.1 Å². The van der Waals surface area contributed by atoms with Crippen LogP contribution >= 0.6 is 0 Å². The zero-order valence-corrected chi connectivity index (χ0v) is 20.0. The van der Waals surface area contributed by atoms with Crippen molar-refractivity contribution in [3.05, 3.63) is 80.9 Å². The SMILES string of the molecule is Cc1c(F)cc(C(=O)O)cc1-c1nc(NCCN(C)C)nc2c1CC[NH+]([O-])C2c1c(F)cccc1F. The van der Waals surface area contributed by atoms with Crippen molar-refractivity contribution < 1.29 is 28.1 Å². The van der Waals surface area contributed by atoms with Crippen LogP contribution in [0.4, 0.5) is 19.1 Å². The van der Waals surface area contributed by atoms with Crippen LogP contribution in [0.1, 0.15) is 38.8 Å². The smallest absolute Gasteiger partial charge is 0.335 e. The number of benzene rings is 2. The van der Waals surface area contributed by atoms with Gasteiger partial charge in [0.15, 0.2) is 6.04 Å². The molecule has 2 aromatic carbocycles. The first-order chi connectivity index (χ1) is 17.1. The van der Waals surface area contributed by atoms with Gasteiger partial charge in [-0.15, -0.1) is 0 Å². The van der Waals surface area contributed by atoms with Gasteiger partial charge in [0.25, 0.3) is 0 Å². The molecule has 11 heteroatoms. The van der Waals surface area contributed by atoms with Crippen molar-refractivity contribution in [3.8, 4) is 11.3 Å². The summed E-state index contributed by atoms with van der Waals surface area (Å²) < 4.78 is 44.3. The zero-order chi connectivity index (χ0) is 26.1. The van der Waals surface area contributed by atoms with Crippen molar-refractivity contribution in [2.45, 2.75) is 19.4 Å². The second-order valence-electron chi connectivity index (χ2n) is 8.96. The third-order valence-electron chi connectivity index (χ3n) is 6.23. The maximum atomic E-state index is 14.8. The Hall–Kier alpha value is -3.54. The predicted molar refractivity (Wildman–Crippen MR) is 127 cm³/mol. The molecule has 190 valence electrons. The number of aromatic nitrogens is 2. The van der Waals surface area contributed by atoms with Crippen LogP contribution in [0.3, 0.4) is 0 Å². The van der Waals surface area contributed by atoms with Crippen LogP contribution < -0.4 is 10.4 Å². The average Bonchev–Trinajstić information content (AvgIpc) is 2.81. The van der Waals surface area contributed by atoms with E-state index in [9.17, 15) is 28.3 Å². The van der Waals surface area contributed by atoms with Gasteiger partial charge in [-0.25, -0.2) is 27.9 Å². The number of fused-ring (bicyclic) bond motifs is 1. The number of anilines is 1. The highest BCUT2D eigenvalue weighted by atomic mass is 19.1. The molecule has 3 N–H and O–H groups in total. The lowest BCUT2D eigenvalue weighted by molar-refractivity contribution is -0.878. The summed E-state index contributed by atoms with van der Waals surface area (Å²) in [7, 11) is 3.75. The molecule has 0 bridgehead atoms. The molecular weight excluding hydrogens is 475 g/mol. The first kappa shape index (κ1) is 25.5. The predicted octanol–water partition coefficient (Wildman–Crippen LogP) is 2.57. The Morgan fingerprint density at radius 1 is 1.19 bits per heavy atom. The van der Waals surface area contributed by atoms with Crippen molar-refractivity contribution >= 4 is 11.9 Å². The van der Waals surface area contributed by atoms with Gasteiger partial charge in [0.05, 0.1) is 23.4 Å². The van der Waals surface area contributed by atoms with Gasteiger partial charge < -0.3 is 25.6 Å². The van der Waals surface area contributed by atoms with E-state index < -0.39 is 40.1 Å². The molecule has 8 nitrogen and oxygen atoms in total. The van der Waals surface area contributed by atoms with E-state index >= 15 is 0 Å². The van der Waals surface area contributed by atoms with Crippen molar-refractivity contribution in [3.63, 3.8) is 0 Å². The molecule has 4 rings (SSSR count). The number of likely N-dealkylation sites (N-methyl/N-ethyl adjacent to an activating group) is 1. The summed E-state index contributed by atoms with van der Waals surface area (Å²) in [5.41, 5.74) is 0.454. The summed E-state index contributed by atoms with van der Waals surface area (Å²) in [5, 5.41) is 25.2. The highest BCUT2D eigenvalue weighted by Gasteiger charge is 2.37. The maximum Gasteiger partial charge on any atom is 0.335 e. The van der Waals surface area contributed by atoms with Crippen LogP contribution in [0.25, 0.3) is 11.3 Å². The van der Waals surface area contributed by atoms with Crippen LogP contribution in [0.2, 0.25) is 0 Å². The number of nitrogens with zero attached hydrogens (tertiary/aromatic N) is 3. The van der Waals surface area contributed by atoms with E-state index in [4.69, 9.17) is 0 Å². The minimum atomic E-state index is -1.32. The van der Waals surface area contributed by atoms with E-state index in [0.29, 0.717) is 18.7 Å². The number of carbonyl (C=O) groups is 1. The Morgan fingerprint density at radius 2 is 1.89 bits per heavy atom. The fraction of sp³-hybridized carbons (Fsp3) is 0.320. The molecule has 1 aliphatic heterocycles. The lowest BCUT2D eigenvalue weighted by atomic mass is 9.89. The van der Waals surface area contributed by atoms with Gasteiger partial charge >= 0.3 is 5.97 Å². The molecule has 0 spiro atoms. The minimum Gasteiger partial charge on any atom is -0.634 e. The molecule has 0 aliphatic carbocycles. The molecule has 3 aromatic rings. The van der Waals surface area contributed by atoms with E-state index in [2.05, 4.69) is 15.3 Å². The first-order valence-corrected chi connectivity index (χ1v) is 11.4. The molecule has 2 heterocycles. The molecule has 2 atom stereocenters. The summed E-state index contributed by atoms with van der Waals surface area (Å²) in [6, 6.07) is 4.28. The monoisotopic (exact) mass is 501 g/mol. The number of nitrogens with one attached hydrogen (secondary N) is 2. The number of hydroxylamine groups is 2. The standard InChI is InChI=1S/C25H26F3N5O3/c1-13-16(11-14(24(34)35)12-19(13)28)21-15-7-9-33(36)23(20-17(26)5-4-6-18(20)27)22(15)31-25(30-21)29-8-10-32(2)3/h4-6,11-12,23,33H,7-10H2,1-3H3,(H,34,35)(H,29,30,31). The number of halogens is 3. The summed E-state index contributed by atoms with van der Waals surface area (Å²) >= 11 is 0. The number of carboxylic acid groups (broad SMARTS) is 1. The lowest BCUT2D eigenvalue weighted by Crippen LogP contribution is -3.09. The van der Waals surface area contributed by atoms with Crippen LogP contribution in [0.15, 0.2) is 30.3 Å². The number of hydrogen-bond donors (Lipinski definition) is 3. The van der Waals surface area contributed by atoms with Crippen LogP contribution in [0.5, 0.6) is 0 Å². The zero-order valence-electron chi connectivity index (χ0n) is 20.0. The molecule has 36 heavy (non-hydrogen) atoms. The summed E-state index contributed by atoms with van der Waals surface area (Å²) in [6.07, 6.45) is 0.159. The van der Waals surface area contributed by atoms with E-state index in [1.807, 2.05) is 19.0 Å². The van der Waals surface area contributed by atoms with Gasteiger partial charge in [0.2, 0.25) is 5.95 Å². The third-order valence-corrected chi connectivity index (χ3v) is 6.23. The highest BCUT2D eigenvalue weighted by Crippen LogP contribution is 2.36. The lowest BCUT2D eigenvalue weighted by Gasteiger charge is -2.37. The van der Waals surface area contributed by atoms with Crippen LogP contribution in [0, 0.1) is 29.6 Å². The average molecular weight is 502 g/mol. The summed E-state index contributed by atoms with van der Waals surface area (Å²) in [5.74, 6) is -3.72. The molecule has 0 radical (unpaired) electrons. The van der Waals surface area contributed by atoms with Gasteiger partial charge in [-0.3, -0.25) is 0 Å². The summed E-state index contributed by atoms with van der Waals surface area (Å²) in [6.45, 7) is 2.49. The second kappa shape index (κ2) is 10.2. The normalized spacial score (nSPS) is 17.2. The highest BCUT2D eigenvalue weighted by molar-refractivity contribution is 5.90. The van der Waals surface area contributed by atoms with Gasteiger partial charge in [-0.05, 0) is 50.8 Å². The van der Waals surface area contributed by atoms with Gasteiger partial charge in [-0.1, -0.05) is 6.07 Å². The molecule has 0 fully saturated rings. The quantitative estimate of drug-likeness (QED) is 0.428. The number of carboxylic acids is 1. The van der Waals surface area contributed by atoms with Gasteiger partial charge in [-0.2, -0.15) is 0 Å². The van der Waals surface area contributed by atoms with Crippen molar-refractivity contribution in [2.75, 3.05) is 39.0 Å². The topological polar surface area (TPSA) is 106 Å². The Labute approximate surface area is 206 Å². The molecule has 1 aromatic heterocycles. The van der Waals surface area contributed by atoms with Crippen LogP contribution in [-0.4, -0.2) is 59.7 Å². The molecule has 0 saturated carbocycles. The number of rotatable bonds is 7. The number of hydrogen-bond acceptors (Lipinski definition) is 6. The van der Waals surface area contributed by atoms with Gasteiger partial charge in [0, 0.05) is 30.6 Å². The molecule has 0 amide bonds. The molecule has 2 unspecified atom stereocenters. The molecule has 1 aliphatic rings. The second-order valence-corrected chi connectivity index (χ2v) is 8.96. The van der Waals surface area contributed by atoms with Crippen molar-refractivity contribution in [1.82, 2.24) is 14.9 Å². The largest absolute Gasteiger partial charge is 0.634 e. The van der Waals surface area contributed by atoms with Crippen molar-refractivity contribution in [2.24, 2.45) is 0 Å². The van der Waals surface area contributed by atoms with Crippen LogP contribution in [-0.2, 0) is 6.42 Å². The number of quaternary nitrogens is 1. The Balaban J connectivity index is 1.97. The van der Waals surface area contributed by atoms with Crippen molar-refractivity contribution in [1.29, 1.82) is 0 Å². The molecular formula is C25H26F3N5O3. The minimum absolute atomic E-state index is 0.0324. The van der Waals surface area contributed by atoms with E-state index in [-0.39, 0.29) is 47.0 Å². The Morgan fingerprint density at radius 3 is 2.53 bits per heavy atom. The van der Waals surface area contributed by atoms with Gasteiger partial charge in [0.1, 0.15) is 23.1 Å². The summed E-state index contributed by atoms with van der Waals surface area (Å²) in [4.78, 5) is 22.6. The fourth-order valence-corrected chi connectivity index (χ4v) is 4.36. The Bertz CT molecular complexity index is 1300. The molecule has 0 saturated heterocycles. The fourth-order valence-electron chi connectivity index (χ4n) is 4.36. The Kier molecular flexibility index (Phi) is 7.25. The van der Waals surface area contributed by atoms with E-state index in [0.717, 1.165) is 18.2 Å². The number of aromatic carboxylic acids is 1. The first-order valence-electron chi connectivity index (χ1n) is 11.4. The van der Waals surface area contributed by atoms with E-state index in [1.54, 1.807) is 0 Å².